The summed E-state index contributed by atoms with van der Waals surface area (Å²) < 4.78 is 17.4. The second-order valence-electron chi connectivity index (χ2n) is 7.93. The molecular weight excluding hydrogens is 552 g/mol. The van der Waals surface area contributed by atoms with E-state index in [-0.39, 0.29) is 18.4 Å². The van der Waals surface area contributed by atoms with Crippen LogP contribution in [0.4, 0.5) is 5.69 Å². The van der Waals surface area contributed by atoms with Crippen molar-refractivity contribution in [3.63, 3.8) is 0 Å². The van der Waals surface area contributed by atoms with Crippen LogP contribution in [0.5, 0.6) is 11.5 Å². The van der Waals surface area contributed by atoms with E-state index in [1.807, 2.05) is 32.0 Å². The summed E-state index contributed by atoms with van der Waals surface area (Å²) in [5.41, 5.74) is 3.58. The number of amides is 2. The van der Waals surface area contributed by atoms with Crippen LogP contribution in [0.25, 0.3) is 6.08 Å². The van der Waals surface area contributed by atoms with Gasteiger partial charge in [-0.05, 0) is 83.2 Å². The molecule has 0 atom stereocenters. The van der Waals surface area contributed by atoms with E-state index in [0.29, 0.717) is 44.8 Å². The molecule has 1 aliphatic rings. The SMILES string of the molecule is COCCCN1C(=O)/C(=C/c2cc(Br)c(OCC(=O)Nc3cc(C)cc(C)c3)c(OC)c2)SC1=S. The fourth-order valence-electron chi connectivity index (χ4n) is 3.56. The first-order chi connectivity index (χ1) is 16.7. The number of benzene rings is 2. The van der Waals surface area contributed by atoms with Crippen molar-refractivity contribution in [3.8, 4) is 11.5 Å². The van der Waals surface area contributed by atoms with Crippen molar-refractivity contribution in [1.29, 1.82) is 0 Å². The second kappa shape index (κ2) is 12.5. The molecule has 0 aliphatic carbocycles. The zero-order valence-electron chi connectivity index (χ0n) is 20.0. The molecule has 7 nitrogen and oxygen atoms in total. The standard InChI is InChI=1S/C25H27BrN2O5S2/c1-15-8-16(2)10-18(9-15)27-22(29)14-33-23-19(26)11-17(12-20(23)32-4)13-21-24(30)28(25(34)35-21)6-5-7-31-3/h8-13H,5-7,14H2,1-4H3,(H,27,29)/b21-13-. The van der Waals surface area contributed by atoms with Gasteiger partial charge in [-0.1, -0.05) is 30.0 Å². The molecule has 0 unspecified atom stereocenters. The molecule has 1 fully saturated rings. The highest BCUT2D eigenvalue weighted by molar-refractivity contribution is 9.10. The number of nitrogens with one attached hydrogen (secondary N) is 1. The van der Waals surface area contributed by atoms with E-state index in [0.717, 1.165) is 22.4 Å². The number of rotatable bonds is 10. The minimum absolute atomic E-state index is 0.130. The molecule has 0 saturated carbocycles. The van der Waals surface area contributed by atoms with Gasteiger partial charge in [-0.3, -0.25) is 14.5 Å². The number of nitrogens with zero attached hydrogens (tertiary/aromatic N) is 1. The third kappa shape index (κ3) is 7.30. The Labute approximate surface area is 223 Å². The van der Waals surface area contributed by atoms with Crippen molar-refractivity contribution in [3.05, 3.63) is 56.4 Å². The van der Waals surface area contributed by atoms with E-state index in [1.54, 1.807) is 30.2 Å². The fraction of sp³-hybridized carbons (Fsp3) is 0.320. The van der Waals surface area contributed by atoms with Crippen LogP contribution in [0, 0.1) is 13.8 Å². The predicted octanol–water partition coefficient (Wildman–Crippen LogP) is 5.33. The van der Waals surface area contributed by atoms with Crippen LogP contribution in [-0.4, -0.2) is 55.0 Å². The first-order valence-electron chi connectivity index (χ1n) is 10.8. The van der Waals surface area contributed by atoms with E-state index >= 15 is 0 Å². The van der Waals surface area contributed by atoms with Crippen LogP contribution in [0.3, 0.4) is 0 Å². The van der Waals surface area contributed by atoms with Crippen molar-refractivity contribution < 1.29 is 23.8 Å². The maximum absolute atomic E-state index is 12.8. The smallest absolute Gasteiger partial charge is 0.266 e. The maximum atomic E-state index is 12.8. The Morgan fingerprint density at radius 3 is 2.54 bits per heavy atom. The van der Waals surface area contributed by atoms with Gasteiger partial charge in [-0.15, -0.1) is 0 Å². The topological polar surface area (TPSA) is 77.1 Å². The number of thiocarbonyl (C=S) groups is 1. The van der Waals surface area contributed by atoms with Crippen LogP contribution in [0.1, 0.15) is 23.1 Å². The molecular formula is C25H27BrN2O5S2. The van der Waals surface area contributed by atoms with Crippen LogP contribution in [0.2, 0.25) is 0 Å². The number of carbonyl (C=O) groups is 2. The lowest BCUT2D eigenvalue weighted by molar-refractivity contribution is -0.122. The Morgan fingerprint density at radius 2 is 1.89 bits per heavy atom. The lowest BCUT2D eigenvalue weighted by Crippen LogP contribution is -2.29. The third-order valence-corrected chi connectivity index (χ3v) is 6.97. The molecule has 35 heavy (non-hydrogen) atoms. The number of hydrogen-bond donors (Lipinski definition) is 1. The summed E-state index contributed by atoms with van der Waals surface area (Å²) in [6.07, 6.45) is 2.47. The van der Waals surface area contributed by atoms with Gasteiger partial charge >= 0.3 is 0 Å². The van der Waals surface area contributed by atoms with Crippen molar-refractivity contribution in [2.45, 2.75) is 20.3 Å². The fourth-order valence-corrected chi connectivity index (χ4v) is 5.44. The summed E-state index contributed by atoms with van der Waals surface area (Å²) in [5, 5.41) is 2.85. The predicted molar refractivity (Wildman–Crippen MR) is 147 cm³/mol. The zero-order valence-corrected chi connectivity index (χ0v) is 23.2. The van der Waals surface area contributed by atoms with Crippen molar-refractivity contribution >= 4 is 67.8 Å². The minimum atomic E-state index is -0.287. The largest absolute Gasteiger partial charge is 0.493 e. The summed E-state index contributed by atoms with van der Waals surface area (Å²) in [6, 6.07) is 9.39. The van der Waals surface area contributed by atoms with Gasteiger partial charge in [0.1, 0.15) is 4.32 Å². The Hall–Kier alpha value is -2.40. The Kier molecular flexibility index (Phi) is 9.73. The van der Waals surface area contributed by atoms with Gasteiger partial charge in [-0.2, -0.15) is 0 Å². The van der Waals surface area contributed by atoms with Crippen LogP contribution in [0.15, 0.2) is 39.7 Å². The molecule has 0 spiro atoms. The number of aryl methyl sites for hydroxylation is 2. The second-order valence-corrected chi connectivity index (χ2v) is 10.5. The summed E-state index contributed by atoms with van der Waals surface area (Å²) in [7, 11) is 3.14. The maximum Gasteiger partial charge on any atom is 0.266 e. The van der Waals surface area contributed by atoms with Crippen LogP contribution >= 0.6 is 39.9 Å². The lowest BCUT2D eigenvalue weighted by atomic mass is 10.1. The first-order valence-corrected chi connectivity index (χ1v) is 12.9. The molecule has 0 aromatic heterocycles. The van der Waals surface area contributed by atoms with Crippen LogP contribution in [-0.2, 0) is 14.3 Å². The molecule has 1 heterocycles. The van der Waals surface area contributed by atoms with E-state index in [1.165, 1.54) is 18.9 Å². The summed E-state index contributed by atoms with van der Waals surface area (Å²) >= 11 is 10.1. The highest BCUT2D eigenvalue weighted by Crippen LogP contribution is 2.39. The number of hydrogen-bond acceptors (Lipinski definition) is 7. The third-order valence-electron chi connectivity index (χ3n) is 5.01. The number of ether oxygens (including phenoxy) is 3. The van der Waals surface area contributed by atoms with Gasteiger partial charge in [0.15, 0.2) is 18.1 Å². The number of halogens is 1. The highest BCUT2D eigenvalue weighted by atomic mass is 79.9. The first kappa shape index (κ1) is 27.2. The molecule has 2 aromatic rings. The minimum Gasteiger partial charge on any atom is -0.493 e. The molecule has 2 amide bonds. The van der Waals surface area contributed by atoms with Crippen molar-refractivity contribution in [2.75, 3.05) is 39.3 Å². The van der Waals surface area contributed by atoms with Crippen molar-refractivity contribution in [2.24, 2.45) is 0 Å². The number of thioether (sulfide) groups is 1. The summed E-state index contributed by atoms with van der Waals surface area (Å²) in [6.45, 7) is 4.83. The Morgan fingerprint density at radius 1 is 1.17 bits per heavy atom. The van der Waals surface area contributed by atoms with E-state index in [2.05, 4.69) is 21.2 Å². The van der Waals surface area contributed by atoms with Crippen LogP contribution < -0.4 is 14.8 Å². The number of anilines is 1. The number of methoxy groups -OCH3 is 2. The molecule has 0 radical (unpaired) electrons. The summed E-state index contributed by atoms with van der Waals surface area (Å²) in [4.78, 5) is 27.3. The summed E-state index contributed by atoms with van der Waals surface area (Å²) in [5.74, 6) is 0.410. The molecule has 186 valence electrons. The molecule has 10 heteroatoms. The molecule has 2 aromatic carbocycles. The molecule has 1 saturated heterocycles. The average Bonchev–Trinajstić information content (AvgIpc) is 3.04. The van der Waals surface area contributed by atoms with Gasteiger partial charge in [0, 0.05) is 25.9 Å². The Bertz CT molecular complexity index is 1150. The van der Waals surface area contributed by atoms with Gasteiger partial charge in [0.2, 0.25) is 0 Å². The van der Waals surface area contributed by atoms with E-state index in [4.69, 9.17) is 26.4 Å². The van der Waals surface area contributed by atoms with Gasteiger partial charge in [0.05, 0.1) is 16.5 Å². The van der Waals surface area contributed by atoms with Gasteiger partial charge in [-0.25, -0.2) is 0 Å². The molecule has 0 bridgehead atoms. The molecule has 3 rings (SSSR count). The van der Waals surface area contributed by atoms with Crippen molar-refractivity contribution in [1.82, 2.24) is 4.90 Å². The lowest BCUT2D eigenvalue weighted by Gasteiger charge is -2.14. The van der Waals surface area contributed by atoms with E-state index in [9.17, 15) is 9.59 Å². The zero-order chi connectivity index (χ0) is 25.5. The van der Waals surface area contributed by atoms with E-state index < -0.39 is 0 Å². The molecule has 1 aliphatic heterocycles. The number of carbonyl (C=O) groups excluding carboxylic acids is 2. The van der Waals surface area contributed by atoms with Gasteiger partial charge in [0.25, 0.3) is 11.8 Å². The normalized spacial score (nSPS) is 14.5. The average molecular weight is 580 g/mol. The van der Waals surface area contributed by atoms with Gasteiger partial charge < -0.3 is 19.5 Å². The molecule has 1 N–H and O–H groups in total. The Balaban J connectivity index is 1.70. The monoisotopic (exact) mass is 578 g/mol. The quantitative estimate of drug-likeness (QED) is 0.232. The highest BCUT2D eigenvalue weighted by Gasteiger charge is 2.31.